The zero-order valence-corrected chi connectivity index (χ0v) is 14.2. The van der Waals surface area contributed by atoms with Crippen LogP contribution in [0.2, 0.25) is 0 Å². The monoisotopic (exact) mass is 309 g/mol. The second-order valence-corrected chi connectivity index (χ2v) is 6.83. The summed E-state index contributed by atoms with van der Waals surface area (Å²) in [6.45, 7) is 6.96. The normalized spacial score (nSPS) is 19.0. The van der Waals surface area contributed by atoms with Gasteiger partial charge in [-0.1, -0.05) is 44.5 Å². The van der Waals surface area contributed by atoms with Crippen molar-refractivity contribution in [2.75, 3.05) is 18.4 Å². The third kappa shape index (κ3) is 4.11. The Labute approximate surface area is 139 Å². The molecule has 3 nitrogen and oxygen atoms in total. The maximum atomic E-state index is 4.62. The lowest BCUT2D eigenvalue weighted by atomic mass is 9.94. The van der Waals surface area contributed by atoms with Crippen molar-refractivity contribution in [2.24, 2.45) is 5.92 Å². The van der Waals surface area contributed by atoms with Crippen molar-refractivity contribution in [3.8, 4) is 0 Å². The molecule has 2 aromatic rings. The summed E-state index contributed by atoms with van der Waals surface area (Å²) in [7, 11) is 0. The minimum atomic E-state index is 0.478. The van der Waals surface area contributed by atoms with Crippen molar-refractivity contribution in [1.29, 1.82) is 0 Å². The van der Waals surface area contributed by atoms with Gasteiger partial charge in [0.1, 0.15) is 5.82 Å². The molecule has 0 saturated carbocycles. The molecule has 1 N–H and O–H groups in total. The Morgan fingerprint density at radius 2 is 1.96 bits per heavy atom. The van der Waals surface area contributed by atoms with Gasteiger partial charge in [-0.3, -0.25) is 4.90 Å². The molecule has 0 unspecified atom stereocenters. The Bertz CT molecular complexity index is 609. The molecular weight excluding hydrogens is 282 g/mol. The van der Waals surface area contributed by atoms with Crippen molar-refractivity contribution in [3.63, 3.8) is 0 Å². The van der Waals surface area contributed by atoms with Gasteiger partial charge in [-0.15, -0.1) is 0 Å². The molecule has 0 radical (unpaired) electrons. The molecule has 1 aromatic carbocycles. The number of likely N-dealkylation sites (tertiary alicyclic amines) is 1. The second kappa shape index (κ2) is 7.60. The van der Waals surface area contributed by atoms with Crippen LogP contribution in [0.3, 0.4) is 0 Å². The van der Waals surface area contributed by atoms with E-state index in [4.69, 9.17) is 0 Å². The third-order valence-electron chi connectivity index (χ3n) is 4.45. The highest BCUT2D eigenvalue weighted by molar-refractivity contribution is 5.59. The number of rotatable bonds is 5. The number of hydrogen-bond acceptors (Lipinski definition) is 3. The SMILES string of the molecule is CC(C)CN1CCCC[C@@H]1c1cccnc1Nc1ccccc1. The Balaban J connectivity index is 1.86. The Morgan fingerprint density at radius 1 is 1.13 bits per heavy atom. The molecule has 3 rings (SSSR count). The molecule has 1 saturated heterocycles. The van der Waals surface area contributed by atoms with E-state index in [1.165, 1.54) is 31.4 Å². The summed E-state index contributed by atoms with van der Waals surface area (Å²) in [4.78, 5) is 7.27. The predicted molar refractivity (Wildman–Crippen MR) is 97.0 cm³/mol. The fourth-order valence-corrected chi connectivity index (χ4v) is 3.48. The maximum absolute atomic E-state index is 4.62. The van der Waals surface area contributed by atoms with Gasteiger partial charge >= 0.3 is 0 Å². The minimum absolute atomic E-state index is 0.478. The molecule has 1 atom stereocenters. The first-order valence-corrected chi connectivity index (χ1v) is 8.75. The molecule has 1 aromatic heterocycles. The van der Waals surface area contributed by atoms with Crippen molar-refractivity contribution in [3.05, 3.63) is 54.2 Å². The Morgan fingerprint density at radius 3 is 2.74 bits per heavy atom. The summed E-state index contributed by atoms with van der Waals surface area (Å²) in [6, 6.07) is 15.1. The van der Waals surface area contributed by atoms with Gasteiger partial charge in [0.25, 0.3) is 0 Å². The van der Waals surface area contributed by atoms with E-state index in [-0.39, 0.29) is 0 Å². The Hall–Kier alpha value is -1.87. The quantitative estimate of drug-likeness (QED) is 0.841. The van der Waals surface area contributed by atoms with Crippen LogP contribution in [0.25, 0.3) is 0 Å². The molecule has 0 amide bonds. The summed E-state index contributed by atoms with van der Waals surface area (Å²) >= 11 is 0. The van der Waals surface area contributed by atoms with Crippen LogP contribution < -0.4 is 5.32 Å². The fourth-order valence-electron chi connectivity index (χ4n) is 3.48. The molecule has 122 valence electrons. The number of anilines is 2. The highest BCUT2D eigenvalue weighted by Gasteiger charge is 2.26. The van der Waals surface area contributed by atoms with E-state index in [1.807, 2.05) is 12.3 Å². The van der Waals surface area contributed by atoms with E-state index in [0.717, 1.165) is 18.1 Å². The van der Waals surface area contributed by atoms with Crippen LogP contribution in [0.4, 0.5) is 11.5 Å². The lowest BCUT2D eigenvalue weighted by Gasteiger charge is -2.37. The molecule has 23 heavy (non-hydrogen) atoms. The van der Waals surface area contributed by atoms with Crippen LogP contribution in [0.5, 0.6) is 0 Å². The molecular formula is C20H27N3. The van der Waals surface area contributed by atoms with Gasteiger partial charge in [0.2, 0.25) is 0 Å². The van der Waals surface area contributed by atoms with Crippen LogP contribution in [0.15, 0.2) is 48.7 Å². The third-order valence-corrected chi connectivity index (χ3v) is 4.45. The molecule has 0 spiro atoms. The number of para-hydroxylation sites is 1. The van der Waals surface area contributed by atoms with Gasteiger partial charge < -0.3 is 5.32 Å². The number of pyridine rings is 1. The lowest BCUT2D eigenvalue weighted by molar-refractivity contribution is 0.132. The van der Waals surface area contributed by atoms with E-state index in [9.17, 15) is 0 Å². The van der Waals surface area contributed by atoms with Crippen molar-refractivity contribution in [1.82, 2.24) is 9.88 Å². The zero-order chi connectivity index (χ0) is 16.1. The zero-order valence-electron chi connectivity index (χ0n) is 14.2. The molecule has 1 aliphatic heterocycles. The van der Waals surface area contributed by atoms with Crippen LogP contribution in [0, 0.1) is 5.92 Å². The molecule has 0 aliphatic carbocycles. The average Bonchev–Trinajstić information content (AvgIpc) is 2.56. The lowest BCUT2D eigenvalue weighted by Crippen LogP contribution is -2.36. The maximum Gasteiger partial charge on any atom is 0.135 e. The van der Waals surface area contributed by atoms with Crippen molar-refractivity contribution in [2.45, 2.75) is 39.2 Å². The largest absolute Gasteiger partial charge is 0.340 e. The highest BCUT2D eigenvalue weighted by Crippen LogP contribution is 2.35. The van der Waals surface area contributed by atoms with Gasteiger partial charge in [-0.25, -0.2) is 4.98 Å². The summed E-state index contributed by atoms with van der Waals surface area (Å²) in [5, 5.41) is 3.51. The van der Waals surface area contributed by atoms with E-state index >= 15 is 0 Å². The smallest absolute Gasteiger partial charge is 0.135 e. The molecule has 0 bridgehead atoms. The van der Waals surface area contributed by atoms with Gasteiger partial charge in [-0.2, -0.15) is 0 Å². The van der Waals surface area contributed by atoms with Crippen LogP contribution in [0.1, 0.15) is 44.7 Å². The van der Waals surface area contributed by atoms with Crippen LogP contribution in [-0.4, -0.2) is 23.0 Å². The number of hydrogen-bond donors (Lipinski definition) is 1. The first kappa shape index (κ1) is 16.0. The molecule has 2 heterocycles. The van der Waals surface area contributed by atoms with E-state index in [0.29, 0.717) is 12.0 Å². The minimum Gasteiger partial charge on any atom is -0.340 e. The number of benzene rings is 1. The Kier molecular flexibility index (Phi) is 5.29. The van der Waals surface area contributed by atoms with Gasteiger partial charge in [0.15, 0.2) is 0 Å². The van der Waals surface area contributed by atoms with Crippen LogP contribution in [-0.2, 0) is 0 Å². The van der Waals surface area contributed by atoms with Crippen molar-refractivity contribution < 1.29 is 0 Å². The van der Waals surface area contributed by atoms with E-state index < -0.39 is 0 Å². The number of aromatic nitrogens is 1. The second-order valence-electron chi connectivity index (χ2n) is 6.83. The predicted octanol–water partition coefficient (Wildman–Crippen LogP) is 5.01. The van der Waals surface area contributed by atoms with Crippen LogP contribution >= 0.6 is 0 Å². The average molecular weight is 309 g/mol. The summed E-state index contributed by atoms with van der Waals surface area (Å²) < 4.78 is 0. The fraction of sp³-hybridized carbons (Fsp3) is 0.450. The van der Waals surface area contributed by atoms with E-state index in [2.05, 4.69) is 65.4 Å². The van der Waals surface area contributed by atoms with Gasteiger partial charge in [0.05, 0.1) is 0 Å². The molecule has 1 aliphatic rings. The topological polar surface area (TPSA) is 28.2 Å². The first-order chi connectivity index (χ1) is 11.2. The summed E-state index contributed by atoms with van der Waals surface area (Å²) in [6.07, 6.45) is 5.72. The molecule has 3 heteroatoms. The van der Waals surface area contributed by atoms with Gasteiger partial charge in [-0.05, 0) is 43.5 Å². The standard InChI is InChI=1S/C20H27N3/c1-16(2)15-23-14-7-6-12-19(23)18-11-8-13-21-20(18)22-17-9-4-3-5-10-17/h3-5,8-11,13,16,19H,6-7,12,14-15H2,1-2H3,(H,21,22)/t19-/m1/s1. The van der Waals surface area contributed by atoms with E-state index in [1.54, 1.807) is 0 Å². The summed E-state index contributed by atoms with van der Waals surface area (Å²) in [5.41, 5.74) is 2.43. The number of piperidine rings is 1. The first-order valence-electron chi connectivity index (χ1n) is 8.75. The number of nitrogens with zero attached hydrogens (tertiary/aromatic N) is 2. The number of nitrogens with one attached hydrogen (secondary N) is 1. The van der Waals surface area contributed by atoms with Gasteiger partial charge in [0, 0.05) is 30.0 Å². The molecule has 1 fully saturated rings. The highest BCUT2D eigenvalue weighted by atomic mass is 15.2. The van der Waals surface area contributed by atoms with Crippen molar-refractivity contribution >= 4 is 11.5 Å². The summed E-state index contributed by atoms with van der Waals surface area (Å²) in [5.74, 6) is 1.69.